The van der Waals surface area contributed by atoms with Crippen LogP contribution >= 0.6 is 0 Å². The van der Waals surface area contributed by atoms with Crippen LogP contribution in [0.15, 0.2) is 16.7 Å². The molecular formula is C13H23N3O3. The fourth-order valence-corrected chi connectivity index (χ4v) is 2.19. The fraction of sp³-hybridized carbons (Fsp3) is 0.615. The Labute approximate surface area is 113 Å². The summed E-state index contributed by atoms with van der Waals surface area (Å²) in [7, 11) is 0. The molecule has 0 aromatic carbocycles. The number of nitrogens with one attached hydrogen (secondary N) is 1. The molecule has 1 aromatic heterocycles. The van der Waals surface area contributed by atoms with E-state index in [1.807, 2.05) is 0 Å². The van der Waals surface area contributed by atoms with Crippen molar-refractivity contribution in [1.29, 1.82) is 0 Å². The lowest BCUT2D eigenvalue weighted by Crippen LogP contribution is -2.36. The van der Waals surface area contributed by atoms with Crippen LogP contribution in [0.2, 0.25) is 0 Å². The molecule has 1 aromatic rings. The molecule has 19 heavy (non-hydrogen) atoms. The lowest BCUT2D eigenvalue weighted by Gasteiger charge is -2.28. The van der Waals surface area contributed by atoms with Gasteiger partial charge in [0, 0.05) is 12.6 Å². The zero-order valence-corrected chi connectivity index (χ0v) is 11.6. The number of hydrogen-bond acceptors (Lipinski definition) is 5. The molecule has 1 rings (SSSR count). The van der Waals surface area contributed by atoms with E-state index in [1.165, 1.54) is 6.26 Å². The van der Waals surface area contributed by atoms with Crippen molar-refractivity contribution in [3.63, 3.8) is 0 Å². The molecule has 4 N–H and O–H groups in total. The van der Waals surface area contributed by atoms with Crippen LogP contribution in [-0.4, -0.2) is 35.1 Å². The average molecular weight is 269 g/mol. The summed E-state index contributed by atoms with van der Waals surface area (Å²) in [4.78, 5) is 13.5. The van der Waals surface area contributed by atoms with Crippen molar-refractivity contribution < 1.29 is 14.3 Å². The Hall–Kier alpha value is -1.37. The molecule has 1 heterocycles. The molecule has 6 nitrogen and oxygen atoms in total. The summed E-state index contributed by atoms with van der Waals surface area (Å²) in [5.74, 6) is 5.39. The van der Waals surface area contributed by atoms with Crippen molar-refractivity contribution in [3.05, 3.63) is 23.7 Å². The maximum Gasteiger partial charge on any atom is 0.268 e. The minimum atomic E-state index is -0.369. The van der Waals surface area contributed by atoms with Crippen molar-refractivity contribution in [1.82, 2.24) is 10.3 Å². The van der Waals surface area contributed by atoms with Crippen LogP contribution in [0.3, 0.4) is 0 Å². The van der Waals surface area contributed by atoms with Gasteiger partial charge in [0.25, 0.3) is 5.91 Å². The Morgan fingerprint density at radius 2 is 2.21 bits per heavy atom. The molecule has 0 atom stereocenters. The lowest BCUT2D eigenvalue weighted by molar-refractivity contribution is 0.0953. The summed E-state index contributed by atoms with van der Waals surface area (Å²) in [6.07, 6.45) is 3.41. The Balaban J connectivity index is 2.73. The fourth-order valence-electron chi connectivity index (χ4n) is 2.19. The van der Waals surface area contributed by atoms with Crippen LogP contribution in [0.5, 0.6) is 0 Å². The van der Waals surface area contributed by atoms with E-state index in [1.54, 1.807) is 6.07 Å². The number of hydrazine groups is 1. The molecule has 0 fully saturated rings. The summed E-state index contributed by atoms with van der Waals surface area (Å²) < 4.78 is 5.36. The Bertz CT molecular complexity index is 388. The van der Waals surface area contributed by atoms with E-state index in [0.29, 0.717) is 30.5 Å². The zero-order valence-electron chi connectivity index (χ0n) is 11.6. The predicted molar refractivity (Wildman–Crippen MR) is 72.2 cm³/mol. The Morgan fingerprint density at radius 1 is 1.53 bits per heavy atom. The molecule has 0 bridgehead atoms. The highest BCUT2D eigenvalue weighted by molar-refractivity contribution is 5.93. The number of nitrogens with zero attached hydrogens (tertiary/aromatic N) is 1. The number of aliphatic hydroxyl groups is 1. The van der Waals surface area contributed by atoms with Gasteiger partial charge in [-0.3, -0.25) is 15.1 Å². The van der Waals surface area contributed by atoms with Gasteiger partial charge in [-0.2, -0.15) is 0 Å². The van der Waals surface area contributed by atoms with Gasteiger partial charge in [0.05, 0.1) is 18.7 Å². The minimum absolute atomic E-state index is 0.105. The molecule has 0 aliphatic carbocycles. The van der Waals surface area contributed by atoms with E-state index in [2.05, 4.69) is 24.2 Å². The standard InChI is InChI=1S/C13H23N3O3/c1-3-11(4-2)16(5-6-17)8-12-7-10(9-19-12)13(18)15-14/h7,9,11,17H,3-6,8,14H2,1-2H3,(H,15,18). The van der Waals surface area contributed by atoms with Crippen LogP contribution in [0, 0.1) is 0 Å². The van der Waals surface area contributed by atoms with Crippen LogP contribution in [0.1, 0.15) is 42.8 Å². The second-order valence-electron chi connectivity index (χ2n) is 4.44. The van der Waals surface area contributed by atoms with E-state index in [9.17, 15) is 4.79 Å². The summed E-state index contributed by atoms with van der Waals surface area (Å²) in [6.45, 7) is 5.51. The van der Waals surface area contributed by atoms with E-state index in [-0.39, 0.29) is 12.5 Å². The summed E-state index contributed by atoms with van der Waals surface area (Å²) in [6, 6.07) is 2.07. The molecule has 0 saturated carbocycles. The normalized spacial score (nSPS) is 11.3. The first kappa shape index (κ1) is 15.7. The summed E-state index contributed by atoms with van der Waals surface area (Å²) >= 11 is 0. The maximum atomic E-state index is 11.3. The van der Waals surface area contributed by atoms with E-state index in [0.717, 1.165) is 12.8 Å². The number of carbonyl (C=O) groups is 1. The predicted octanol–water partition coefficient (Wildman–Crippen LogP) is 0.866. The first-order valence-corrected chi connectivity index (χ1v) is 6.59. The van der Waals surface area contributed by atoms with E-state index < -0.39 is 0 Å². The molecule has 0 saturated heterocycles. The van der Waals surface area contributed by atoms with Crippen LogP contribution < -0.4 is 11.3 Å². The highest BCUT2D eigenvalue weighted by atomic mass is 16.3. The van der Waals surface area contributed by atoms with Gasteiger partial charge in [-0.1, -0.05) is 13.8 Å². The highest BCUT2D eigenvalue weighted by Gasteiger charge is 2.17. The number of aliphatic hydroxyl groups excluding tert-OH is 1. The quantitative estimate of drug-likeness (QED) is 0.370. The van der Waals surface area contributed by atoms with Gasteiger partial charge in [-0.25, -0.2) is 5.84 Å². The van der Waals surface area contributed by atoms with Gasteiger partial charge in [0.1, 0.15) is 12.0 Å². The number of rotatable bonds is 8. The molecule has 6 heteroatoms. The SMILES string of the molecule is CCC(CC)N(CCO)Cc1cc(C(=O)NN)co1. The number of amides is 1. The van der Waals surface area contributed by atoms with Crippen LogP contribution in [-0.2, 0) is 6.54 Å². The second-order valence-corrected chi connectivity index (χ2v) is 4.44. The largest absolute Gasteiger partial charge is 0.467 e. The number of nitrogens with two attached hydrogens (primary N) is 1. The van der Waals surface area contributed by atoms with Gasteiger partial charge in [0.2, 0.25) is 0 Å². The van der Waals surface area contributed by atoms with Crippen molar-refractivity contribution >= 4 is 5.91 Å². The van der Waals surface area contributed by atoms with E-state index in [4.69, 9.17) is 15.4 Å². The molecule has 0 radical (unpaired) electrons. The van der Waals surface area contributed by atoms with Gasteiger partial charge < -0.3 is 9.52 Å². The van der Waals surface area contributed by atoms with Crippen molar-refractivity contribution in [2.24, 2.45) is 5.84 Å². The summed E-state index contributed by atoms with van der Waals surface area (Å²) in [5, 5.41) is 9.13. The summed E-state index contributed by atoms with van der Waals surface area (Å²) in [5.41, 5.74) is 2.47. The zero-order chi connectivity index (χ0) is 14.3. The molecule has 0 spiro atoms. The van der Waals surface area contributed by atoms with Crippen molar-refractivity contribution in [3.8, 4) is 0 Å². The maximum absolute atomic E-state index is 11.3. The Kier molecular flexibility index (Phi) is 6.55. The third-order valence-corrected chi connectivity index (χ3v) is 3.25. The van der Waals surface area contributed by atoms with Gasteiger partial charge in [0.15, 0.2) is 0 Å². The average Bonchev–Trinajstić information content (AvgIpc) is 2.88. The molecule has 108 valence electrons. The highest BCUT2D eigenvalue weighted by Crippen LogP contribution is 2.15. The van der Waals surface area contributed by atoms with Gasteiger partial charge in [-0.15, -0.1) is 0 Å². The monoisotopic (exact) mass is 269 g/mol. The molecule has 1 amide bonds. The number of furan rings is 1. The van der Waals surface area contributed by atoms with Crippen molar-refractivity contribution in [2.75, 3.05) is 13.2 Å². The van der Waals surface area contributed by atoms with Crippen LogP contribution in [0.4, 0.5) is 0 Å². The number of carbonyl (C=O) groups excluding carboxylic acids is 1. The van der Waals surface area contributed by atoms with Crippen LogP contribution in [0.25, 0.3) is 0 Å². The molecule has 0 aliphatic heterocycles. The molecule has 0 unspecified atom stereocenters. The minimum Gasteiger partial charge on any atom is -0.467 e. The lowest BCUT2D eigenvalue weighted by atomic mass is 10.1. The first-order valence-electron chi connectivity index (χ1n) is 6.59. The Morgan fingerprint density at radius 3 is 2.74 bits per heavy atom. The molecule has 0 aliphatic rings. The number of nitrogen functional groups attached to an aromatic ring is 1. The second kappa shape index (κ2) is 7.93. The smallest absolute Gasteiger partial charge is 0.268 e. The van der Waals surface area contributed by atoms with Gasteiger partial charge >= 0.3 is 0 Å². The third-order valence-electron chi connectivity index (χ3n) is 3.25. The third kappa shape index (κ3) is 4.34. The first-order chi connectivity index (χ1) is 9.15. The topological polar surface area (TPSA) is 91.7 Å². The number of hydrogen-bond donors (Lipinski definition) is 3. The van der Waals surface area contributed by atoms with Crippen molar-refractivity contribution in [2.45, 2.75) is 39.3 Å². The van der Waals surface area contributed by atoms with Gasteiger partial charge in [-0.05, 0) is 18.9 Å². The van der Waals surface area contributed by atoms with E-state index >= 15 is 0 Å². The molecular weight excluding hydrogens is 246 g/mol.